The summed E-state index contributed by atoms with van der Waals surface area (Å²) in [5.41, 5.74) is 2.35. The predicted octanol–water partition coefficient (Wildman–Crippen LogP) is -1.24. The number of hydrogen-bond donors (Lipinski definition) is 7. The maximum Gasteiger partial charge on any atom is 0.362 e. The van der Waals surface area contributed by atoms with E-state index >= 15 is 0 Å². The van der Waals surface area contributed by atoms with Gasteiger partial charge >= 0.3 is 16.3 Å². The number of nitrogens with zero attached hydrogens (tertiary/aromatic N) is 4. The maximum absolute atomic E-state index is 13.2. The Hall–Kier alpha value is -4.93. The van der Waals surface area contributed by atoms with Gasteiger partial charge in [-0.3, -0.25) is 23.7 Å². The zero-order chi connectivity index (χ0) is 32.6. The molecule has 4 heterocycles. The number of rotatable bonds is 11. The SMILES string of the molecule is CC(C)(ON=C(C(=O)N[C@@H]1C(=O)N(S(=O)(=O)O)[C@@H]1CNC(=O)c1csc(-c2cc(=O)c(O)c[nH]2)n1)c1csc(N)n1)C(=O)O. The molecule has 19 nitrogen and oxygen atoms in total. The van der Waals surface area contributed by atoms with Gasteiger partial charge in [-0.15, -0.1) is 22.7 Å². The molecule has 1 aliphatic rings. The normalized spacial score (nSPS) is 17.1. The van der Waals surface area contributed by atoms with Crippen LogP contribution in [0.1, 0.15) is 30.0 Å². The van der Waals surface area contributed by atoms with Crippen LogP contribution >= 0.6 is 22.7 Å². The van der Waals surface area contributed by atoms with Gasteiger partial charge in [0.25, 0.3) is 17.7 Å². The van der Waals surface area contributed by atoms with Crippen LogP contribution < -0.4 is 21.8 Å². The summed E-state index contributed by atoms with van der Waals surface area (Å²) in [7, 11) is -5.13. The van der Waals surface area contributed by atoms with Crippen LogP contribution in [0.5, 0.6) is 5.75 Å². The molecule has 1 fully saturated rings. The van der Waals surface area contributed by atoms with Crippen molar-refractivity contribution in [3.63, 3.8) is 0 Å². The summed E-state index contributed by atoms with van der Waals surface area (Å²) in [4.78, 5) is 77.3. The standard InChI is InChI=1S/C22H22N8O11S3/c1-22(2,20(36)37)41-29-14(9-6-43-21(23)27-9)17(34)28-15-11(30(19(15)35)44(38,39)40)4-25-16(33)10-7-42-18(26-10)8-3-12(31)13(32)5-24-8/h3,5-7,11,15,32H,4H2,1-2H3,(H2,23,27)(H,24,31)(H,25,33)(H,28,34)(H,36,37)(H,38,39,40)/t11-,15+/m1/s1. The van der Waals surface area contributed by atoms with E-state index in [1.165, 1.54) is 10.8 Å². The van der Waals surface area contributed by atoms with E-state index in [0.29, 0.717) is 0 Å². The van der Waals surface area contributed by atoms with Crippen LogP contribution in [0.25, 0.3) is 10.7 Å². The number of aromatic hydroxyl groups is 1. The highest BCUT2D eigenvalue weighted by atomic mass is 32.2. The number of anilines is 1. The largest absolute Gasteiger partial charge is 0.503 e. The molecular weight excluding hydrogens is 648 g/mol. The summed E-state index contributed by atoms with van der Waals surface area (Å²) < 4.78 is 33.4. The third-order valence-electron chi connectivity index (χ3n) is 5.90. The van der Waals surface area contributed by atoms with E-state index in [1.54, 1.807) is 0 Å². The number of nitrogens with two attached hydrogens (primary N) is 1. The van der Waals surface area contributed by atoms with Gasteiger partial charge in [0.2, 0.25) is 11.0 Å². The fourth-order valence-corrected chi connectivity index (χ4v) is 5.75. The molecular formula is C22H22N8O11S3. The number of carboxylic acid groups (broad SMARTS) is 1. The van der Waals surface area contributed by atoms with Crippen molar-refractivity contribution in [2.75, 3.05) is 12.3 Å². The van der Waals surface area contributed by atoms with Crippen molar-refractivity contribution in [2.45, 2.75) is 31.5 Å². The molecule has 22 heteroatoms. The lowest BCUT2D eigenvalue weighted by molar-refractivity contribution is -0.161. The van der Waals surface area contributed by atoms with Crippen molar-refractivity contribution in [3.8, 4) is 16.5 Å². The molecule has 3 aromatic rings. The number of nitrogen functional groups attached to an aromatic ring is 1. The molecule has 8 N–H and O–H groups in total. The molecule has 4 rings (SSSR count). The molecule has 44 heavy (non-hydrogen) atoms. The van der Waals surface area contributed by atoms with Crippen molar-refractivity contribution in [3.05, 3.63) is 44.6 Å². The Labute approximate surface area is 254 Å². The van der Waals surface area contributed by atoms with E-state index in [-0.39, 0.29) is 31.5 Å². The quantitative estimate of drug-likeness (QED) is 0.0543. The van der Waals surface area contributed by atoms with E-state index in [0.717, 1.165) is 48.8 Å². The summed E-state index contributed by atoms with van der Waals surface area (Å²) in [6.07, 6.45) is 1.05. The van der Waals surface area contributed by atoms with Crippen LogP contribution in [0.3, 0.4) is 0 Å². The molecule has 0 spiro atoms. The van der Waals surface area contributed by atoms with Crippen LogP contribution in [-0.4, -0.2) is 96.1 Å². The predicted molar refractivity (Wildman–Crippen MR) is 152 cm³/mol. The van der Waals surface area contributed by atoms with Crippen molar-refractivity contribution in [1.82, 2.24) is 29.9 Å². The van der Waals surface area contributed by atoms with E-state index in [2.05, 4.69) is 30.7 Å². The first-order chi connectivity index (χ1) is 20.5. The van der Waals surface area contributed by atoms with Gasteiger partial charge < -0.3 is 36.4 Å². The minimum Gasteiger partial charge on any atom is -0.503 e. The van der Waals surface area contributed by atoms with E-state index in [4.69, 9.17) is 10.6 Å². The zero-order valence-corrected chi connectivity index (χ0v) is 24.8. The number of nitrogens with one attached hydrogen (secondary N) is 3. The number of pyridine rings is 1. The van der Waals surface area contributed by atoms with Crippen molar-refractivity contribution in [2.24, 2.45) is 5.16 Å². The van der Waals surface area contributed by atoms with Crippen molar-refractivity contribution in [1.29, 1.82) is 0 Å². The first-order valence-electron chi connectivity index (χ1n) is 12.0. The second-order valence-corrected chi connectivity index (χ2v) is 12.4. The average molecular weight is 671 g/mol. The van der Waals surface area contributed by atoms with Gasteiger partial charge in [0.15, 0.2) is 16.6 Å². The smallest absolute Gasteiger partial charge is 0.362 e. The van der Waals surface area contributed by atoms with Gasteiger partial charge in [0, 0.05) is 29.6 Å². The Kier molecular flexibility index (Phi) is 8.71. The highest BCUT2D eigenvalue weighted by molar-refractivity contribution is 7.84. The van der Waals surface area contributed by atoms with Gasteiger partial charge in [-0.05, 0) is 13.8 Å². The van der Waals surface area contributed by atoms with Gasteiger partial charge in [0.05, 0.1) is 11.7 Å². The van der Waals surface area contributed by atoms with E-state index in [1.807, 2.05) is 0 Å². The lowest BCUT2D eigenvalue weighted by Crippen LogP contribution is -2.74. The summed E-state index contributed by atoms with van der Waals surface area (Å²) >= 11 is 1.88. The Morgan fingerprint density at radius 1 is 1.20 bits per heavy atom. The summed E-state index contributed by atoms with van der Waals surface area (Å²) in [6.45, 7) is 1.70. The van der Waals surface area contributed by atoms with Gasteiger partial charge in [-0.25, -0.2) is 19.1 Å². The highest BCUT2D eigenvalue weighted by Crippen LogP contribution is 2.25. The Bertz CT molecular complexity index is 1850. The molecule has 0 bridgehead atoms. The number of carbonyl (C=O) groups is 4. The number of aromatic amines is 1. The summed E-state index contributed by atoms with van der Waals surface area (Å²) in [6, 6.07) is -2.07. The molecule has 3 amide bonds. The second kappa shape index (κ2) is 12.0. The number of aliphatic carboxylic acids is 1. The fraction of sp³-hybridized carbons (Fsp3) is 0.273. The van der Waals surface area contributed by atoms with Gasteiger partial charge in [-0.1, -0.05) is 5.16 Å². The topological polar surface area (TPSA) is 297 Å². The molecule has 1 aliphatic heterocycles. The van der Waals surface area contributed by atoms with E-state index in [9.17, 15) is 47.2 Å². The minimum absolute atomic E-state index is 0.0119. The lowest BCUT2D eigenvalue weighted by Gasteiger charge is -2.44. The zero-order valence-electron chi connectivity index (χ0n) is 22.4. The Morgan fingerprint density at radius 3 is 2.48 bits per heavy atom. The molecule has 2 atom stereocenters. The van der Waals surface area contributed by atoms with Crippen LogP contribution in [0.15, 0.2) is 33.0 Å². The number of hydrogen-bond acceptors (Lipinski definition) is 15. The number of oxime groups is 1. The number of β-lactam (4-membered cyclic amide) rings is 1. The Morgan fingerprint density at radius 2 is 1.89 bits per heavy atom. The molecule has 0 aromatic carbocycles. The van der Waals surface area contributed by atoms with Crippen molar-refractivity contribution >= 4 is 67.5 Å². The number of aromatic nitrogens is 3. The maximum atomic E-state index is 13.2. The number of thiazole rings is 2. The molecule has 234 valence electrons. The van der Waals surface area contributed by atoms with Crippen LogP contribution in [0.4, 0.5) is 5.13 Å². The monoisotopic (exact) mass is 670 g/mol. The number of carbonyl (C=O) groups excluding carboxylic acids is 3. The van der Waals surface area contributed by atoms with Crippen LogP contribution in [0, 0.1) is 0 Å². The average Bonchev–Trinajstić information content (AvgIpc) is 3.60. The third-order valence-corrected chi connectivity index (χ3v) is 8.39. The number of carboxylic acids is 1. The molecule has 0 unspecified atom stereocenters. The van der Waals surface area contributed by atoms with Crippen LogP contribution in [-0.2, 0) is 29.5 Å². The Balaban J connectivity index is 1.52. The van der Waals surface area contributed by atoms with Gasteiger partial charge in [0.1, 0.15) is 22.4 Å². The molecule has 0 aliphatic carbocycles. The van der Waals surface area contributed by atoms with Crippen molar-refractivity contribution < 1.29 is 47.2 Å². The highest BCUT2D eigenvalue weighted by Gasteiger charge is 2.54. The van der Waals surface area contributed by atoms with E-state index < -0.39 is 75.1 Å². The first-order valence-corrected chi connectivity index (χ1v) is 15.1. The molecule has 0 radical (unpaired) electrons. The fourth-order valence-electron chi connectivity index (χ4n) is 3.55. The molecule has 3 aromatic heterocycles. The lowest BCUT2D eigenvalue weighted by atomic mass is 9.98. The summed E-state index contributed by atoms with van der Waals surface area (Å²) in [5.74, 6) is -5.17. The minimum atomic E-state index is -5.13. The molecule has 0 saturated carbocycles. The second-order valence-electron chi connectivity index (χ2n) is 9.39. The first kappa shape index (κ1) is 32.0. The van der Waals surface area contributed by atoms with Gasteiger partial charge in [-0.2, -0.15) is 8.42 Å². The van der Waals surface area contributed by atoms with Crippen LogP contribution in [0.2, 0.25) is 0 Å². The molecule has 1 saturated heterocycles. The number of H-pyrrole nitrogens is 1. The third kappa shape index (κ3) is 6.66. The number of amides is 3. The summed E-state index contributed by atoms with van der Waals surface area (Å²) in [5, 5.41) is 29.7.